The van der Waals surface area contributed by atoms with Crippen LogP contribution in [0.25, 0.3) is 11.1 Å². The third kappa shape index (κ3) is 3.62. The van der Waals surface area contributed by atoms with Gasteiger partial charge in [-0.2, -0.15) is 0 Å². The molecule has 0 atom stereocenters. The number of hydrogen-bond acceptors (Lipinski definition) is 2. The Labute approximate surface area is 133 Å². The van der Waals surface area contributed by atoms with Crippen LogP contribution in [-0.4, -0.2) is 5.11 Å². The molecule has 0 saturated heterocycles. The van der Waals surface area contributed by atoms with Gasteiger partial charge >= 0.3 is 0 Å². The normalized spacial score (nSPS) is 15.8. The molecule has 2 aromatic carbocycles. The molecule has 0 bridgehead atoms. The molecule has 1 fully saturated rings. The van der Waals surface area contributed by atoms with Crippen LogP contribution in [0.15, 0.2) is 42.5 Å². The maximum Gasteiger partial charge on any atom is 0.115 e. The van der Waals surface area contributed by atoms with Gasteiger partial charge in [0.2, 0.25) is 0 Å². The molecule has 0 spiro atoms. The second-order valence-corrected chi connectivity index (χ2v) is 6.51. The van der Waals surface area contributed by atoms with Crippen LogP contribution >= 0.6 is 0 Å². The second-order valence-electron chi connectivity index (χ2n) is 6.51. The Bertz CT molecular complexity index is 612. The molecule has 0 radical (unpaired) electrons. The van der Waals surface area contributed by atoms with Crippen molar-refractivity contribution in [3.05, 3.63) is 48.0 Å². The highest BCUT2D eigenvalue weighted by molar-refractivity contribution is 5.77. The van der Waals surface area contributed by atoms with E-state index in [1.54, 1.807) is 12.1 Å². The van der Waals surface area contributed by atoms with E-state index in [0.29, 0.717) is 0 Å². The van der Waals surface area contributed by atoms with Crippen LogP contribution in [-0.2, 0) is 6.42 Å². The topological polar surface area (TPSA) is 46.2 Å². The molecule has 1 saturated carbocycles. The summed E-state index contributed by atoms with van der Waals surface area (Å²) in [5.41, 5.74) is 10.5. The van der Waals surface area contributed by atoms with Crippen LogP contribution in [0.3, 0.4) is 0 Å². The van der Waals surface area contributed by atoms with Crippen molar-refractivity contribution in [2.45, 2.75) is 44.9 Å². The monoisotopic (exact) mass is 295 g/mol. The molecule has 2 heteroatoms. The van der Waals surface area contributed by atoms with Crippen LogP contribution in [0.2, 0.25) is 0 Å². The Morgan fingerprint density at radius 1 is 0.955 bits per heavy atom. The second kappa shape index (κ2) is 6.87. The van der Waals surface area contributed by atoms with Gasteiger partial charge in [0.15, 0.2) is 0 Å². The molecule has 3 rings (SSSR count). The smallest absolute Gasteiger partial charge is 0.115 e. The zero-order valence-corrected chi connectivity index (χ0v) is 13.1. The van der Waals surface area contributed by atoms with Crippen molar-refractivity contribution in [2.75, 3.05) is 5.73 Å². The number of phenols is 1. The molecular formula is C20H25NO. The first kappa shape index (κ1) is 15.0. The first-order chi connectivity index (χ1) is 10.7. The van der Waals surface area contributed by atoms with Crippen molar-refractivity contribution in [1.82, 2.24) is 0 Å². The van der Waals surface area contributed by atoms with Gasteiger partial charge in [0.1, 0.15) is 5.75 Å². The average molecular weight is 295 g/mol. The molecule has 22 heavy (non-hydrogen) atoms. The highest BCUT2D eigenvalue weighted by Crippen LogP contribution is 2.30. The molecule has 0 unspecified atom stereocenters. The minimum atomic E-state index is 0.284. The Hall–Kier alpha value is -1.96. The van der Waals surface area contributed by atoms with Crippen LogP contribution in [0.1, 0.15) is 44.1 Å². The summed E-state index contributed by atoms with van der Waals surface area (Å²) < 4.78 is 0. The number of phenolic OH excluding ortho intramolecular Hbond substituents is 1. The predicted octanol–water partition coefficient (Wildman–Crippen LogP) is 5.15. The van der Waals surface area contributed by atoms with Gasteiger partial charge in [-0.05, 0) is 48.1 Å². The van der Waals surface area contributed by atoms with Gasteiger partial charge in [-0.25, -0.2) is 0 Å². The van der Waals surface area contributed by atoms with E-state index < -0.39 is 0 Å². The minimum Gasteiger partial charge on any atom is -0.508 e. The molecule has 1 aliphatic rings. The van der Waals surface area contributed by atoms with Crippen molar-refractivity contribution in [3.63, 3.8) is 0 Å². The van der Waals surface area contributed by atoms with Crippen LogP contribution in [0.4, 0.5) is 5.69 Å². The summed E-state index contributed by atoms with van der Waals surface area (Å²) in [6.45, 7) is 0. The minimum absolute atomic E-state index is 0.284. The lowest BCUT2D eigenvalue weighted by Crippen LogP contribution is -2.07. The van der Waals surface area contributed by atoms with Crippen LogP contribution in [0, 0.1) is 5.92 Å². The molecule has 116 valence electrons. The summed E-state index contributed by atoms with van der Waals surface area (Å²) in [7, 11) is 0. The van der Waals surface area contributed by atoms with Crippen molar-refractivity contribution >= 4 is 5.69 Å². The number of nitrogen functional groups attached to an aromatic ring is 1. The quantitative estimate of drug-likeness (QED) is 0.766. The Kier molecular flexibility index (Phi) is 4.67. The zero-order chi connectivity index (χ0) is 15.4. The predicted molar refractivity (Wildman–Crippen MR) is 92.9 cm³/mol. The molecule has 0 heterocycles. The number of nitrogens with two attached hydrogens (primary N) is 1. The number of rotatable bonds is 4. The fourth-order valence-electron chi connectivity index (χ4n) is 3.52. The highest BCUT2D eigenvalue weighted by atomic mass is 16.3. The van der Waals surface area contributed by atoms with Gasteiger partial charge in [-0.3, -0.25) is 0 Å². The Morgan fingerprint density at radius 3 is 2.36 bits per heavy atom. The fourth-order valence-corrected chi connectivity index (χ4v) is 3.52. The molecule has 1 aliphatic carbocycles. The molecule has 2 nitrogen and oxygen atoms in total. The molecule has 3 N–H and O–H groups in total. The summed E-state index contributed by atoms with van der Waals surface area (Å²) in [6.07, 6.45) is 9.47. The third-order valence-corrected chi connectivity index (χ3v) is 4.86. The first-order valence-electron chi connectivity index (χ1n) is 8.40. The highest BCUT2D eigenvalue weighted by Gasteiger charge is 2.13. The van der Waals surface area contributed by atoms with E-state index >= 15 is 0 Å². The van der Waals surface area contributed by atoms with E-state index in [1.165, 1.54) is 44.1 Å². The van der Waals surface area contributed by atoms with Gasteiger partial charge in [0, 0.05) is 11.3 Å². The molecule has 2 aromatic rings. The summed E-state index contributed by atoms with van der Waals surface area (Å²) in [5.74, 6) is 1.19. The first-order valence-corrected chi connectivity index (χ1v) is 8.40. The summed E-state index contributed by atoms with van der Waals surface area (Å²) in [4.78, 5) is 0. The largest absolute Gasteiger partial charge is 0.508 e. The summed E-state index contributed by atoms with van der Waals surface area (Å²) >= 11 is 0. The van der Waals surface area contributed by atoms with Gasteiger partial charge in [0.05, 0.1) is 0 Å². The van der Waals surface area contributed by atoms with Crippen molar-refractivity contribution in [1.29, 1.82) is 0 Å². The van der Waals surface area contributed by atoms with E-state index in [1.807, 2.05) is 12.1 Å². The van der Waals surface area contributed by atoms with Gasteiger partial charge in [0.25, 0.3) is 0 Å². The van der Waals surface area contributed by atoms with Gasteiger partial charge < -0.3 is 10.8 Å². The molecule has 0 aliphatic heterocycles. The standard InChI is InChI=1S/C20H25NO/c21-20-14-16(7-6-15-4-2-1-3-5-15)8-13-19(20)17-9-11-18(22)12-10-17/h8-15,22H,1-7,21H2. The van der Waals surface area contributed by atoms with Gasteiger partial charge in [-0.1, -0.05) is 56.4 Å². The SMILES string of the molecule is Nc1cc(CCC2CCCCC2)ccc1-c1ccc(O)cc1. The third-order valence-electron chi connectivity index (χ3n) is 4.86. The molecular weight excluding hydrogens is 270 g/mol. The maximum absolute atomic E-state index is 9.38. The number of hydrogen-bond donors (Lipinski definition) is 2. The summed E-state index contributed by atoms with van der Waals surface area (Å²) in [5, 5.41) is 9.38. The Morgan fingerprint density at radius 2 is 1.68 bits per heavy atom. The van der Waals surface area contributed by atoms with Crippen LogP contribution in [0.5, 0.6) is 5.75 Å². The lowest BCUT2D eigenvalue weighted by molar-refractivity contribution is 0.339. The van der Waals surface area contributed by atoms with E-state index in [-0.39, 0.29) is 5.75 Å². The Balaban J connectivity index is 1.67. The number of benzene rings is 2. The fraction of sp³-hybridized carbons (Fsp3) is 0.400. The number of anilines is 1. The van der Waals surface area contributed by atoms with Crippen molar-refractivity contribution in [2.24, 2.45) is 5.92 Å². The molecule has 0 amide bonds. The van der Waals surface area contributed by atoms with E-state index in [2.05, 4.69) is 18.2 Å². The van der Waals surface area contributed by atoms with Crippen molar-refractivity contribution in [3.8, 4) is 16.9 Å². The van der Waals surface area contributed by atoms with Crippen LogP contribution < -0.4 is 5.73 Å². The lowest BCUT2D eigenvalue weighted by atomic mass is 9.85. The maximum atomic E-state index is 9.38. The van der Waals surface area contributed by atoms with Gasteiger partial charge in [-0.15, -0.1) is 0 Å². The van der Waals surface area contributed by atoms with E-state index in [4.69, 9.17) is 5.73 Å². The molecule has 0 aromatic heterocycles. The van der Waals surface area contributed by atoms with E-state index in [0.717, 1.165) is 29.2 Å². The average Bonchev–Trinajstić information content (AvgIpc) is 2.55. The number of aryl methyl sites for hydroxylation is 1. The van der Waals surface area contributed by atoms with Crippen molar-refractivity contribution < 1.29 is 5.11 Å². The van der Waals surface area contributed by atoms with E-state index in [9.17, 15) is 5.11 Å². The number of aromatic hydroxyl groups is 1. The zero-order valence-electron chi connectivity index (χ0n) is 13.1. The lowest BCUT2D eigenvalue weighted by Gasteiger charge is -2.21. The summed E-state index contributed by atoms with van der Waals surface area (Å²) in [6, 6.07) is 13.6.